The fraction of sp³-hybridized carbons (Fsp3) is 0.500. The zero-order chi connectivity index (χ0) is 15.6. The molecule has 0 aromatic carbocycles. The molecule has 0 radical (unpaired) electrons. The third-order valence-electron chi connectivity index (χ3n) is 3.72. The maximum absolute atomic E-state index is 12.6. The maximum atomic E-state index is 12.6. The van der Waals surface area contributed by atoms with Gasteiger partial charge in [-0.05, 0) is 31.9 Å². The van der Waals surface area contributed by atoms with Gasteiger partial charge in [0.05, 0.1) is 13.0 Å². The van der Waals surface area contributed by atoms with Crippen LogP contribution >= 0.6 is 23.2 Å². The minimum absolute atomic E-state index is 0.169. The van der Waals surface area contributed by atoms with Gasteiger partial charge in [-0.2, -0.15) is 0 Å². The van der Waals surface area contributed by atoms with Crippen LogP contribution < -0.4 is 0 Å². The van der Waals surface area contributed by atoms with Gasteiger partial charge in [0.25, 0.3) is 5.91 Å². The predicted molar refractivity (Wildman–Crippen MR) is 79.5 cm³/mol. The van der Waals surface area contributed by atoms with Crippen LogP contribution in [0.3, 0.4) is 0 Å². The number of carbonyl (C=O) groups excluding carboxylic acids is 2. The molecule has 1 aromatic heterocycles. The molecule has 114 valence electrons. The molecule has 1 aromatic rings. The second kappa shape index (κ2) is 6.62. The Labute approximate surface area is 133 Å². The minimum atomic E-state index is -0.366. The van der Waals surface area contributed by atoms with Crippen LogP contribution in [0.15, 0.2) is 12.1 Å². The number of hydrogen-bond acceptors (Lipinski definition) is 4. The van der Waals surface area contributed by atoms with Gasteiger partial charge in [0, 0.05) is 18.2 Å². The number of carbonyl (C=O) groups is 2. The molecule has 0 spiro atoms. The zero-order valence-electron chi connectivity index (χ0n) is 11.8. The van der Waals surface area contributed by atoms with Crippen molar-refractivity contribution in [1.82, 2.24) is 9.88 Å². The summed E-state index contributed by atoms with van der Waals surface area (Å²) in [5.74, 6) is -0.876. The van der Waals surface area contributed by atoms with E-state index in [-0.39, 0.29) is 34.1 Å². The Morgan fingerprint density at radius 1 is 1.38 bits per heavy atom. The molecule has 1 aliphatic rings. The third-order valence-corrected chi connectivity index (χ3v) is 4.11. The maximum Gasteiger partial charge on any atom is 0.310 e. The first kappa shape index (κ1) is 16.0. The summed E-state index contributed by atoms with van der Waals surface area (Å²) in [6, 6.07) is 2.79. The molecule has 2 heterocycles. The second-order valence-electron chi connectivity index (χ2n) is 5.02. The molecule has 0 bridgehead atoms. The summed E-state index contributed by atoms with van der Waals surface area (Å²) in [5, 5.41) is 0.338. The molecule has 1 aliphatic heterocycles. The van der Waals surface area contributed by atoms with E-state index >= 15 is 0 Å². The van der Waals surface area contributed by atoms with Crippen molar-refractivity contribution in [2.75, 3.05) is 13.7 Å². The zero-order valence-corrected chi connectivity index (χ0v) is 13.3. The quantitative estimate of drug-likeness (QED) is 0.631. The van der Waals surface area contributed by atoms with Crippen molar-refractivity contribution in [3.63, 3.8) is 0 Å². The van der Waals surface area contributed by atoms with E-state index in [1.165, 1.54) is 19.2 Å². The van der Waals surface area contributed by atoms with Gasteiger partial charge in [-0.3, -0.25) is 9.59 Å². The van der Waals surface area contributed by atoms with Crippen molar-refractivity contribution in [3.05, 3.63) is 28.0 Å². The first-order valence-corrected chi connectivity index (χ1v) is 7.41. The number of hydrogen-bond donors (Lipinski definition) is 0. The molecule has 0 N–H and O–H groups in total. The van der Waals surface area contributed by atoms with Gasteiger partial charge in [0.1, 0.15) is 10.3 Å². The smallest absolute Gasteiger partial charge is 0.310 e. The first-order valence-electron chi connectivity index (χ1n) is 6.66. The van der Waals surface area contributed by atoms with Crippen LogP contribution in [0.1, 0.15) is 30.1 Å². The second-order valence-corrected chi connectivity index (χ2v) is 5.80. The largest absolute Gasteiger partial charge is 0.469 e. The van der Waals surface area contributed by atoms with Gasteiger partial charge < -0.3 is 9.64 Å². The van der Waals surface area contributed by atoms with Gasteiger partial charge in [-0.1, -0.05) is 23.2 Å². The average Bonchev–Trinajstić information content (AvgIpc) is 2.93. The Kier molecular flexibility index (Phi) is 5.06. The molecule has 1 saturated heterocycles. The average molecular weight is 331 g/mol. The number of halogens is 2. The molecule has 1 amide bonds. The number of amides is 1. The molecule has 2 rings (SSSR count). The summed E-state index contributed by atoms with van der Waals surface area (Å²) in [7, 11) is 1.35. The highest BCUT2D eigenvalue weighted by Gasteiger charge is 2.36. The molecule has 0 saturated carbocycles. The van der Waals surface area contributed by atoms with Gasteiger partial charge in [-0.15, -0.1) is 0 Å². The molecule has 21 heavy (non-hydrogen) atoms. The fourth-order valence-electron chi connectivity index (χ4n) is 2.66. The lowest BCUT2D eigenvalue weighted by Crippen LogP contribution is -2.42. The number of rotatable bonds is 3. The summed E-state index contributed by atoms with van der Waals surface area (Å²) < 4.78 is 4.77. The molecule has 2 atom stereocenters. The van der Waals surface area contributed by atoms with Gasteiger partial charge in [0.15, 0.2) is 0 Å². The highest BCUT2D eigenvalue weighted by molar-refractivity contribution is 6.33. The lowest BCUT2D eigenvalue weighted by Gasteiger charge is -2.28. The van der Waals surface area contributed by atoms with E-state index in [2.05, 4.69) is 4.98 Å². The van der Waals surface area contributed by atoms with E-state index in [0.717, 1.165) is 12.8 Å². The standard InChI is InChI=1S/C14H16Cl2N2O3/c1-8(14(20)21-2)10-4-3-5-18(10)13(19)9-6-11(15)17-12(16)7-9/h6-8,10H,3-5H2,1-2H3. The van der Waals surface area contributed by atoms with E-state index in [4.69, 9.17) is 27.9 Å². The Hall–Kier alpha value is -1.33. The summed E-state index contributed by atoms with van der Waals surface area (Å²) >= 11 is 11.7. The van der Waals surface area contributed by atoms with Gasteiger partial charge in [-0.25, -0.2) is 4.98 Å². The van der Waals surface area contributed by atoms with E-state index in [1.54, 1.807) is 11.8 Å². The molecule has 7 heteroatoms. The molecule has 0 aliphatic carbocycles. The normalized spacial score (nSPS) is 19.4. The van der Waals surface area contributed by atoms with Crippen LogP contribution in [0.25, 0.3) is 0 Å². The van der Waals surface area contributed by atoms with E-state index < -0.39 is 0 Å². The van der Waals surface area contributed by atoms with Gasteiger partial charge >= 0.3 is 5.97 Å². The van der Waals surface area contributed by atoms with E-state index in [1.807, 2.05) is 0 Å². The number of pyridine rings is 1. The van der Waals surface area contributed by atoms with E-state index in [9.17, 15) is 9.59 Å². The number of methoxy groups -OCH3 is 1. The van der Waals surface area contributed by atoms with Crippen molar-refractivity contribution in [3.8, 4) is 0 Å². The van der Waals surface area contributed by atoms with Crippen LogP contribution in [0.4, 0.5) is 0 Å². The number of likely N-dealkylation sites (tertiary alicyclic amines) is 1. The van der Waals surface area contributed by atoms with Crippen LogP contribution in [0.2, 0.25) is 10.3 Å². The number of aromatic nitrogens is 1. The Balaban J connectivity index is 2.23. The Morgan fingerprint density at radius 3 is 2.57 bits per heavy atom. The predicted octanol–water partition coefficient (Wildman–Crippen LogP) is 2.80. The molecule has 5 nitrogen and oxygen atoms in total. The van der Waals surface area contributed by atoms with Crippen LogP contribution in [0.5, 0.6) is 0 Å². The van der Waals surface area contributed by atoms with Gasteiger partial charge in [0.2, 0.25) is 0 Å². The highest BCUT2D eigenvalue weighted by atomic mass is 35.5. The minimum Gasteiger partial charge on any atom is -0.469 e. The number of nitrogens with zero attached hydrogens (tertiary/aromatic N) is 2. The number of esters is 1. The topological polar surface area (TPSA) is 59.5 Å². The molecular weight excluding hydrogens is 315 g/mol. The summed E-state index contributed by atoms with van der Waals surface area (Å²) in [6.07, 6.45) is 1.62. The Bertz CT molecular complexity index is 545. The number of ether oxygens (including phenoxy) is 1. The van der Waals surface area contributed by atoms with Crippen LogP contribution in [0, 0.1) is 5.92 Å². The van der Waals surface area contributed by atoms with E-state index in [0.29, 0.717) is 12.1 Å². The lowest BCUT2D eigenvalue weighted by atomic mass is 9.99. The summed E-state index contributed by atoms with van der Waals surface area (Å²) in [5.41, 5.74) is 0.379. The molecule has 1 fully saturated rings. The monoisotopic (exact) mass is 330 g/mol. The third kappa shape index (κ3) is 3.47. The SMILES string of the molecule is COC(=O)C(C)C1CCCN1C(=O)c1cc(Cl)nc(Cl)c1. The van der Waals surface area contributed by atoms with Crippen LogP contribution in [-0.2, 0) is 9.53 Å². The van der Waals surface area contributed by atoms with Crippen molar-refractivity contribution >= 4 is 35.1 Å². The van der Waals surface area contributed by atoms with Crippen molar-refractivity contribution < 1.29 is 14.3 Å². The molecular formula is C14H16Cl2N2O3. The Morgan fingerprint density at radius 2 is 2.00 bits per heavy atom. The van der Waals surface area contributed by atoms with Crippen molar-refractivity contribution in [2.45, 2.75) is 25.8 Å². The summed E-state index contributed by atoms with van der Waals surface area (Å²) in [4.78, 5) is 29.8. The summed E-state index contributed by atoms with van der Waals surface area (Å²) in [6.45, 7) is 2.37. The molecule has 2 unspecified atom stereocenters. The highest BCUT2D eigenvalue weighted by Crippen LogP contribution is 2.27. The first-order chi connectivity index (χ1) is 9.93. The van der Waals surface area contributed by atoms with Crippen LogP contribution in [-0.4, -0.2) is 41.5 Å². The van der Waals surface area contributed by atoms with Crippen molar-refractivity contribution in [2.24, 2.45) is 5.92 Å². The lowest BCUT2D eigenvalue weighted by molar-refractivity contribution is -0.146. The fourth-order valence-corrected chi connectivity index (χ4v) is 3.12. The van der Waals surface area contributed by atoms with Crippen molar-refractivity contribution in [1.29, 1.82) is 0 Å².